The smallest absolute Gasteiger partial charge is 0.246 e. The Kier molecular flexibility index (Phi) is 7.50. The number of carbonyl (C=O) groups is 2. The second-order valence-electron chi connectivity index (χ2n) is 10.3. The van der Waals surface area contributed by atoms with Crippen LogP contribution < -0.4 is 5.32 Å². The van der Waals surface area contributed by atoms with Gasteiger partial charge in [-0.2, -0.15) is 0 Å². The number of amides is 2. The Morgan fingerprint density at radius 1 is 0.919 bits per heavy atom. The summed E-state index contributed by atoms with van der Waals surface area (Å²) in [5.74, 6) is 0.115. The van der Waals surface area contributed by atoms with Crippen molar-refractivity contribution in [1.29, 1.82) is 0 Å². The van der Waals surface area contributed by atoms with Crippen LogP contribution in [0.25, 0.3) is 6.08 Å². The van der Waals surface area contributed by atoms with Gasteiger partial charge in [-0.25, -0.2) is 4.39 Å². The first-order chi connectivity index (χ1) is 18.0. The van der Waals surface area contributed by atoms with Crippen molar-refractivity contribution in [1.82, 2.24) is 10.2 Å². The van der Waals surface area contributed by atoms with Crippen LogP contribution in [-0.4, -0.2) is 36.3 Å². The van der Waals surface area contributed by atoms with E-state index in [2.05, 4.69) is 53.8 Å². The van der Waals surface area contributed by atoms with Crippen LogP contribution in [0.15, 0.2) is 91.0 Å². The molecule has 2 fully saturated rings. The molecule has 3 aromatic rings. The number of likely N-dealkylation sites (tertiary alicyclic amines) is 1. The molecule has 1 aliphatic heterocycles. The van der Waals surface area contributed by atoms with Gasteiger partial charge in [-0.3, -0.25) is 9.59 Å². The average molecular weight is 497 g/mol. The molecule has 0 bridgehead atoms. The molecule has 1 heterocycles. The third-order valence-electron chi connectivity index (χ3n) is 8.00. The van der Waals surface area contributed by atoms with E-state index in [1.54, 1.807) is 24.3 Å². The second kappa shape index (κ2) is 11.1. The summed E-state index contributed by atoms with van der Waals surface area (Å²) in [7, 11) is 0. The van der Waals surface area contributed by atoms with Crippen molar-refractivity contribution < 1.29 is 14.0 Å². The van der Waals surface area contributed by atoms with Crippen molar-refractivity contribution in [3.8, 4) is 0 Å². The normalized spacial score (nSPS) is 18.3. The van der Waals surface area contributed by atoms with Crippen LogP contribution in [0.2, 0.25) is 0 Å². The molecule has 5 rings (SSSR count). The fourth-order valence-corrected chi connectivity index (χ4v) is 5.65. The SMILES string of the molecule is O=C(NCCC(c1ccccc1)c1ccccc1)C1CC12CCN(C(=O)/C=C/c1ccc(F)cc1)CC2. The Morgan fingerprint density at radius 3 is 2.11 bits per heavy atom. The Morgan fingerprint density at radius 2 is 1.51 bits per heavy atom. The minimum atomic E-state index is -0.292. The van der Waals surface area contributed by atoms with Gasteiger partial charge < -0.3 is 10.2 Å². The summed E-state index contributed by atoms with van der Waals surface area (Å²) >= 11 is 0. The molecule has 3 aromatic carbocycles. The summed E-state index contributed by atoms with van der Waals surface area (Å²) in [6.45, 7) is 1.97. The van der Waals surface area contributed by atoms with Gasteiger partial charge >= 0.3 is 0 Å². The first-order valence-corrected chi connectivity index (χ1v) is 13.1. The van der Waals surface area contributed by atoms with E-state index in [-0.39, 0.29) is 34.9 Å². The number of carbonyl (C=O) groups excluding carboxylic acids is 2. The van der Waals surface area contributed by atoms with Gasteiger partial charge in [-0.15, -0.1) is 0 Å². The highest BCUT2D eigenvalue weighted by Gasteiger charge is 2.58. The number of nitrogens with one attached hydrogen (secondary N) is 1. The molecule has 0 radical (unpaired) electrons. The molecule has 1 saturated heterocycles. The standard InChI is InChI=1S/C32H33FN2O2/c33-27-14-11-24(12-15-27)13-16-30(36)35-21-18-32(19-22-35)23-29(32)31(37)34-20-17-28(25-7-3-1-4-8-25)26-9-5-2-6-10-26/h1-16,28-29H,17-23H2,(H,34,37)/b16-13+. The predicted octanol–water partition coefficient (Wildman–Crippen LogP) is 5.81. The van der Waals surface area contributed by atoms with Crippen molar-refractivity contribution in [3.63, 3.8) is 0 Å². The van der Waals surface area contributed by atoms with E-state index in [1.807, 2.05) is 17.0 Å². The minimum absolute atomic E-state index is 0.0336. The predicted molar refractivity (Wildman–Crippen MR) is 144 cm³/mol. The van der Waals surface area contributed by atoms with Gasteiger partial charge in [0.2, 0.25) is 11.8 Å². The number of nitrogens with zero attached hydrogens (tertiary/aromatic N) is 1. The molecule has 1 spiro atoms. The van der Waals surface area contributed by atoms with Crippen molar-refractivity contribution >= 4 is 17.9 Å². The molecule has 1 atom stereocenters. The van der Waals surface area contributed by atoms with E-state index in [0.717, 1.165) is 31.2 Å². The molecule has 190 valence electrons. The van der Waals surface area contributed by atoms with Crippen LogP contribution in [0.1, 0.15) is 48.3 Å². The molecule has 37 heavy (non-hydrogen) atoms. The van der Waals surface area contributed by atoms with Gasteiger partial charge in [0.15, 0.2) is 0 Å². The molecule has 1 aliphatic carbocycles. The lowest BCUT2D eigenvalue weighted by atomic mass is 9.88. The first-order valence-electron chi connectivity index (χ1n) is 13.1. The minimum Gasteiger partial charge on any atom is -0.356 e. The molecule has 1 unspecified atom stereocenters. The van der Waals surface area contributed by atoms with Gasteiger partial charge in [-0.05, 0) is 66.0 Å². The molecule has 1 N–H and O–H groups in total. The van der Waals surface area contributed by atoms with Crippen molar-refractivity contribution in [2.45, 2.75) is 31.6 Å². The molecule has 0 aromatic heterocycles. The Bertz CT molecular complexity index is 1190. The van der Waals surface area contributed by atoms with E-state index in [4.69, 9.17) is 0 Å². The topological polar surface area (TPSA) is 49.4 Å². The summed E-state index contributed by atoms with van der Waals surface area (Å²) in [5, 5.41) is 3.21. The maximum absolute atomic E-state index is 13.1. The zero-order valence-electron chi connectivity index (χ0n) is 21.0. The summed E-state index contributed by atoms with van der Waals surface area (Å²) in [4.78, 5) is 27.5. The van der Waals surface area contributed by atoms with Crippen molar-refractivity contribution in [2.24, 2.45) is 11.3 Å². The highest BCUT2D eigenvalue weighted by atomic mass is 19.1. The van der Waals surface area contributed by atoms with Crippen LogP contribution in [0, 0.1) is 17.2 Å². The Labute approximate surface area is 218 Å². The second-order valence-corrected chi connectivity index (χ2v) is 10.3. The third-order valence-corrected chi connectivity index (χ3v) is 8.00. The molecule has 4 nitrogen and oxygen atoms in total. The van der Waals surface area contributed by atoms with Crippen LogP contribution in [0.4, 0.5) is 4.39 Å². The van der Waals surface area contributed by atoms with Crippen LogP contribution in [-0.2, 0) is 9.59 Å². The van der Waals surface area contributed by atoms with Gasteiger partial charge in [0, 0.05) is 37.5 Å². The van der Waals surface area contributed by atoms with Crippen molar-refractivity contribution in [3.05, 3.63) is 114 Å². The van der Waals surface area contributed by atoms with E-state index < -0.39 is 0 Å². The van der Waals surface area contributed by atoms with E-state index >= 15 is 0 Å². The quantitative estimate of drug-likeness (QED) is 0.401. The summed E-state index contributed by atoms with van der Waals surface area (Å²) in [5.41, 5.74) is 3.36. The molecule has 1 saturated carbocycles. The zero-order chi connectivity index (χ0) is 25.7. The zero-order valence-corrected chi connectivity index (χ0v) is 21.0. The highest BCUT2D eigenvalue weighted by molar-refractivity contribution is 5.92. The lowest BCUT2D eigenvalue weighted by Crippen LogP contribution is -2.40. The Hall–Kier alpha value is -3.73. The van der Waals surface area contributed by atoms with Gasteiger partial charge in [0.25, 0.3) is 0 Å². The number of piperidine rings is 1. The number of rotatable bonds is 8. The number of hydrogen-bond acceptors (Lipinski definition) is 2. The molecular weight excluding hydrogens is 463 g/mol. The largest absolute Gasteiger partial charge is 0.356 e. The van der Waals surface area contributed by atoms with Crippen LogP contribution >= 0.6 is 0 Å². The average Bonchev–Trinajstić information content (AvgIpc) is 3.65. The molecular formula is C32H33FN2O2. The summed E-state index contributed by atoms with van der Waals surface area (Å²) < 4.78 is 13.1. The van der Waals surface area contributed by atoms with Gasteiger partial charge in [-0.1, -0.05) is 72.8 Å². The lowest BCUT2D eigenvalue weighted by Gasteiger charge is -2.32. The van der Waals surface area contributed by atoms with Crippen molar-refractivity contribution in [2.75, 3.05) is 19.6 Å². The van der Waals surface area contributed by atoms with Crippen LogP contribution in [0.3, 0.4) is 0 Å². The molecule has 2 aliphatic rings. The number of benzene rings is 3. The maximum Gasteiger partial charge on any atom is 0.246 e. The third kappa shape index (κ3) is 5.99. The highest BCUT2D eigenvalue weighted by Crippen LogP contribution is 2.59. The summed E-state index contributed by atoms with van der Waals surface area (Å²) in [6.07, 6.45) is 6.75. The fraction of sp³-hybridized carbons (Fsp3) is 0.312. The monoisotopic (exact) mass is 496 g/mol. The number of hydrogen-bond donors (Lipinski definition) is 1. The van der Waals surface area contributed by atoms with E-state index in [1.165, 1.54) is 23.3 Å². The maximum atomic E-state index is 13.1. The fourth-order valence-electron chi connectivity index (χ4n) is 5.65. The summed E-state index contributed by atoms with van der Waals surface area (Å²) in [6, 6.07) is 27.0. The number of halogens is 1. The van der Waals surface area contributed by atoms with E-state index in [0.29, 0.717) is 19.6 Å². The van der Waals surface area contributed by atoms with E-state index in [9.17, 15) is 14.0 Å². The van der Waals surface area contributed by atoms with Crippen LogP contribution in [0.5, 0.6) is 0 Å². The Balaban J connectivity index is 1.10. The van der Waals surface area contributed by atoms with Gasteiger partial charge in [0.1, 0.15) is 5.82 Å². The molecule has 5 heteroatoms. The van der Waals surface area contributed by atoms with Gasteiger partial charge in [0.05, 0.1) is 0 Å². The first kappa shape index (κ1) is 24.9. The molecule has 2 amide bonds. The lowest BCUT2D eigenvalue weighted by molar-refractivity contribution is -0.127.